The van der Waals surface area contributed by atoms with Crippen LogP contribution >= 0.6 is 0 Å². The van der Waals surface area contributed by atoms with Gasteiger partial charge in [0.05, 0.1) is 6.61 Å². The van der Waals surface area contributed by atoms with Crippen molar-refractivity contribution in [1.29, 1.82) is 0 Å². The van der Waals surface area contributed by atoms with Crippen LogP contribution < -0.4 is 11.1 Å². The second-order valence-electron chi connectivity index (χ2n) is 2.19. The van der Waals surface area contributed by atoms with E-state index in [1.165, 1.54) is 0 Å². The Balaban J connectivity index is 2.88. The average molecular weight is 132 g/mol. The lowest BCUT2D eigenvalue weighted by atomic mass is 10.2. The van der Waals surface area contributed by atoms with Crippen LogP contribution in [0.2, 0.25) is 0 Å². The highest BCUT2D eigenvalue weighted by molar-refractivity contribution is 4.58. The molecule has 0 amide bonds. The molecule has 0 rings (SSSR count). The minimum absolute atomic E-state index is 0.0293. The molecule has 0 spiro atoms. The summed E-state index contributed by atoms with van der Waals surface area (Å²) < 4.78 is 0. The third-order valence-electron chi connectivity index (χ3n) is 1.24. The van der Waals surface area contributed by atoms with Gasteiger partial charge >= 0.3 is 0 Å². The normalized spacial score (nSPS) is 13.7. The van der Waals surface area contributed by atoms with E-state index in [-0.39, 0.29) is 12.6 Å². The molecule has 0 aromatic carbocycles. The van der Waals surface area contributed by atoms with Crippen LogP contribution in [0.15, 0.2) is 0 Å². The Labute approximate surface area is 56.2 Å². The van der Waals surface area contributed by atoms with E-state index in [2.05, 4.69) is 5.32 Å². The standard InChI is InChI=1S/C6H16N2O/c1-8-4-2-3-6(7)5-9/h6,8-9H,2-5,7H2,1H3/t6-/m0/s1. The summed E-state index contributed by atoms with van der Waals surface area (Å²) in [4.78, 5) is 0. The first-order valence-electron chi connectivity index (χ1n) is 3.32. The predicted molar refractivity (Wildman–Crippen MR) is 38.2 cm³/mol. The van der Waals surface area contributed by atoms with Crippen molar-refractivity contribution in [2.45, 2.75) is 18.9 Å². The number of aliphatic hydroxyl groups is 1. The van der Waals surface area contributed by atoms with Crippen LogP contribution in [0.3, 0.4) is 0 Å². The quantitative estimate of drug-likeness (QED) is 0.434. The Hall–Kier alpha value is -0.120. The molecule has 0 fully saturated rings. The van der Waals surface area contributed by atoms with Crippen molar-refractivity contribution in [3.63, 3.8) is 0 Å². The molecule has 9 heavy (non-hydrogen) atoms. The molecule has 0 aromatic rings. The Morgan fingerprint density at radius 3 is 2.78 bits per heavy atom. The average Bonchev–Trinajstić information content (AvgIpc) is 1.89. The van der Waals surface area contributed by atoms with E-state index in [1.54, 1.807) is 0 Å². The highest BCUT2D eigenvalue weighted by Crippen LogP contribution is 1.90. The molecule has 1 atom stereocenters. The van der Waals surface area contributed by atoms with E-state index >= 15 is 0 Å². The SMILES string of the molecule is CNCCC[C@H](N)CO. The fraction of sp³-hybridized carbons (Fsp3) is 1.00. The van der Waals surface area contributed by atoms with Crippen molar-refractivity contribution in [3.05, 3.63) is 0 Å². The molecular weight excluding hydrogens is 116 g/mol. The number of hydrogen-bond acceptors (Lipinski definition) is 3. The molecule has 56 valence electrons. The first-order chi connectivity index (χ1) is 4.31. The fourth-order valence-corrected chi connectivity index (χ4v) is 0.632. The maximum atomic E-state index is 8.49. The minimum Gasteiger partial charge on any atom is -0.395 e. The zero-order valence-corrected chi connectivity index (χ0v) is 5.93. The maximum Gasteiger partial charge on any atom is 0.0582 e. The zero-order chi connectivity index (χ0) is 7.11. The van der Waals surface area contributed by atoms with Crippen molar-refractivity contribution < 1.29 is 5.11 Å². The largest absolute Gasteiger partial charge is 0.395 e. The second kappa shape index (κ2) is 6.01. The van der Waals surface area contributed by atoms with Crippen molar-refractivity contribution in [2.24, 2.45) is 5.73 Å². The third kappa shape index (κ3) is 5.76. The molecule has 0 heterocycles. The summed E-state index contributed by atoms with van der Waals surface area (Å²) in [5.41, 5.74) is 5.44. The van der Waals surface area contributed by atoms with Crippen LogP contribution in [0.25, 0.3) is 0 Å². The van der Waals surface area contributed by atoms with Gasteiger partial charge in [-0.25, -0.2) is 0 Å². The van der Waals surface area contributed by atoms with Gasteiger partial charge in [0, 0.05) is 6.04 Å². The first-order valence-corrected chi connectivity index (χ1v) is 3.32. The zero-order valence-electron chi connectivity index (χ0n) is 5.93. The summed E-state index contributed by atoms with van der Waals surface area (Å²) in [5, 5.41) is 11.5. The summed E-state index contributed by atoms with van der Waals surface area (Å²) >= 11 is 0. The van der Waals surface area contributed by atoms with Crippen LogP contribution in [-0.2, 0) is 0 Å². The van der Waals surface area contributed by atoms with E-state index in [9.17, 15) is 0 Å². The lowest BCUT2D eigenvalue weighted by Gasteiger charge is -2.05. The van der Waals surface area contributed by atoms with Crippen molar-refractivity contribution in [3.8, 4) is 0 Å². The predicted octanol–water partition coefficient (Wildman–Crippen LogP) is -0.694. The van der Waals surface area contributed by atoms with Gasteiger partial charge in [-0.1, -0.05) is 0 Å². The van der Waals surface area contributed by atoms with Gasteiger partial charge in [-0.15, -0.1) is 0 Å². The molecule has 3 nitrogen and oxygen atoms in total. The molecule has 0 bridgehead atoms. The molecule has 0 aromatic heterocycles. The van der Waals surface area contributed by atoms with Crippen LogP contribution in [0.4, 0.5) is 0 Å². The highest BCUT2D eigenvalue weighted by Gasteiger charge is 1.97. The molecule has 0 aliphatic carbocycles. The van der Waals surface area contributed by atoms with Gasteiger partial charge in [-0.05, 0) is 26.4 Å². The number of hydrogen-bond donors (Lipinski definition) is 3. The van der Waals surface area contributed by atoms with E-state index in [0.29, 0.717) is 0 Å². The molecule has 0 radical (unpaired) electrons. The number of nitrogens with one attached hydrogen (secondary N) is 1. The fourth-order valence-electron chi connectivity index (χ4n) is 0.632. The van der Waals surface area contributed by atoms with Crippen molar-refractivity contribution >= 4 is 0 Å². The molecule has 0 unspecified atom stereocenters. The summed E-state index contributed by atoms with van der Waals surface area (Å²) in [6.07, 6.45) is 1.94. The Morgan fingerprint density at radius 1 is 1.67 bits per heavy atom. The molecule has 0 aliphatic heterocycles. The monoisotopic (exact) mass is 132 g/mol. The van der Waals surface area contributed by atoms with Crippen molar-refractivity contribution in [1.82, 2.24) is 5.32 Å². The Morgan fingerprint density at radius 2 is 2.33 bits per heavy atom. The van der Waals surface area contributed by atoms with Crippen LogP contribution in [0, 0.1) is 0 Å². The lowest BCUT2D eigenvalue weighted by molar-refractivity contribution is 0.258. The van der Waals surface area contributed by atoms with E-state index in [4.69, 9.17) is 10.8 Å². The summed E-state index contributed by atoms with van der Waals surface area (Å²) in [6, 6.07) is -0.0293. The molecule has 3 heteroatoms. The van der Waals surface area contributed by atoms with Crippen LogP contribution in [-0.4, -0.2) is 31.3 Å². The summed E-state index contributed by atoms with van der Waals surface area (Å²) in [7, 11) is 1.91. The summed E-state index contributed by atoms with van der Waals surface area (Å²) in [5.74, 6) is 0. The minimum atomic E-state index is -0.0293. The number of aliphatic hydroxyl groups excluding tert-OH is 1. The van der Waals surface area contributed by atoms with Gasteiger partial charge in [-0.2, -0.15) is 0 Å². The van der Waals surface area contributed by atoms with Gasteiger partial charge in [0.2, 0.25) is 0 Å². The van der Waals surface area contributed by atoms with Crippen LogP contribution in [0.1, 0.15) is 12.8 Å². The number of rotatable bonds is 5. The molecule has 0 aliphatic rings. The molecule has 4 N–H and O–H groups in total. The number of nitrogens with two attached hydrogens (primary N) is 1. The molecule has 0 saturated heterocycles. The molecular formula is C6H16N2O. The van der Waals surface area contributed by atoms with Crippen LogP contribution in [0.5, 0.6) is 0 Å². The lowest BCUT2D eigenvalue weighted by Crippen LogP contribution is -2.25. The molecule has 0 saturated carbocycles. The first kappa shape index (κ1) is 8.88. The Kier molecular flexibility index (Phi) is 5.93. The topological polar surface area (TPSA) is 58.3 Å². The highest BCUT2D eigenvalue weighted by atomic mass is 16.3. The van der Waals surface area contributed by atoms with Gasteiger partial charge < -0.3 is 16.2 Å². The Bertz CT molecular complexity index is 59.0. The smallest absolute Gasteiger partial charge is 0.0582 e. The van der Waals surface area contributed by atoms with E-state index in [0.717, 1.165) is 19.4 Å². The van der Waals surface area contributed by atoms with Gasteiger partial charge in [0.25, 0.3) is 0 Å². The second-order valence-corrected chi connectivity index (χ2v) is 2.19. The van der Waals surface area contributed by atoms with Crippen molar-refractivity contribution in [2.75, 3.05) is 20.2 Å². The van der Waals surface area contributed by atoms with E-state index < -0.39 is 0 Å². The third-order valence-corrected chi connectivity index (χ3v) is 1.24. The van der Waals surface area contributed by atoms with Gasteiger partial charge in [0.15, 0.2) is 0 Å². The maximum absolute atomic E-state index is 8.49. The summed E-state index contributed by atoms with van der Waals surface area (Å²) in [6.45, 7) is 1.08. The van der Waals surface area contributed by atoms with E-state index in [1.807, 2.05) is 7.05 Å². The van der Waals surface area contributed by atoms with Gasteiger partial charge in [-0.3, -0.25) is 0 Å². The van der Waals surface area contributed by atoms with Gasteiger partial charge in [0.1, 0.15) is 0 Å².